The van der Waals surface area contributed by atoms with Gasteiger partial charge in [0, 0.05) is 10.3 Å². The van der Waals surface area contributed by atoms with Gasteiger partial charge in [0.05, 0.1) is 6.21 Å². The molecule has 0 saturated heterocycles. The average molecular weight is 294 g/mol. The Morgan fingerprint density at radius 2 is 2.26 bits per heavy atom. The Kier molecular flexibility index (Phi) is 3.77. The van der Waals surface area contributed by atoms with Crippen molar-refractivity contribution in [3.05, 3.63) is 43.2 Å². The van der Waals surface area contributed by atoms with Crippen LogP contribution < -0.4 is 5.56 Å². The molecule has 0 bridgehead atoms. The van der Waals surface area contributed by atoms with E-state index >= 15 is 0 Å². The Balaban J connectivity index is 2.52. The van der Waals surface area contributed by atoms with Crippen molar-refractivity contribution in [3.8, 4) is 0 Å². The molecule has 2 aromatic rings. The predicted molar refractivity (Wildman–Crippen MR) is 79.7 cm³/mol. The average Bonchev–Trinajstić information content (AvgIpc) is 2.79. The van der Waals surface area contributed by atoms with E-state index in [0.29, 0.717) is 5.69 Å². The zero-order valence-electron chi connectivity index (χ0n) is 10.9. The van der Waals surface area contributed by atoms with Gasteiger partial charge in [0.25, 0.3) is 5.56 Å². The standard InChI is InChI=1S/C12H14N4OS2/c1-12(2,3)9-10(17)16(11(18)15-14-9)13-7-8-5-4-6-19-8/h4-7H,1-3H3,(H,15,18). The lowest BCUT2D eigenvalue weighted by Gasteiger charge is -2.16. The molecule has 2 heterocycles. The molecule has 0 aliphatic heterocycles. The molecule has 0 radical (unpaired) electrons. The van der Waals surface area contributed by atoms with Crippen molar-refractivity contribution in [2.24, 2.45) is 5.10 Å². The van der Waals surface area contributed by atoms with Gasteiger partial charge in [-0.3, -0.25) is 9.89 Å². The summed E-state index contributed by atoms with van der Waals surface area (Å²) < 4.78 is 1.36. The van der Waals surface area contributed by atoms with Crippen LogP contribution in [0.25, 0.3) is 0 Å². The maximum absolute atomic E-state index is 12.3. The fourth-order valence-corrected chi connectivity index (χ4v) is 2.22. The first-order valence-electron chi connectivity index (χ1n) is 5.69. The molecule has 100 valence electrons. The Hall–Kier alpha value is -1.60. The molecule has 0 atom stereocenters. The summed E-state index contributed by atoms with van der Waals surface area (Å²) in [5.41, 5.74) is -0.245. The molecule has 0 amide bonds. The van der Waals surface area contributed by atoms with Gasteiger partial charge in [-0.1, -0.05) is 26.8 Å². The summed E-state index contributed by atoms with van der Waals surface area (Å²) in [5.74, 6) is 0. The van der Waals surface area contributed by atoms with E-state index in [9.17, 15) is 4.79 Å². The van der Waals surface area contributed by atoms with Crippen LogP contribution in [0.5, 0.6) is 0 Å². The van der Waals surface area contributed by atoms with Crippen molar-refractivity contribution in [1.82, 2.24) is 14.9 Å². The van der Waals surface area contributed by atoms with Crippen LogP contribution >= 0.6 is 23.6 Å². The Bertz CT molecular complexity index is 705. The number of hydrogen-bond acceptors (Lipinski definition) is 5. The highest BCUT2D eigenvalue weighted by atomic mass is 32.1. The topological polar surface area (TPSA) is 63.0 Å². The number of hydrogen-bond donors (Lipinski definition) is 1. The van der Waals surface area contributed by atoms with Gasteiger partial charge in [0.2, 0.25) is 4.77 Å². The fraction of sp³-hybridized carbons (Fsp3) is 0.333. The normalized spacial score (nSPS) is 12.2. The monoisotopic (exact) mass is 294 g/mol. The molecule has 0 spiro atoms. The van der Waals surface area contributed by atoms with E-state index in [1.807, 2.05) is 38.3 Å². The molecule has 0 saturated carbocycles. The summed E-state index contributed by atoms with van der Waals surface area (Å²) in [4.78, 5) is 13.3. The van der Waals surface area contributed by atoms with Crippen molar-refractivity contribution >= 4 is 29.8 Å². The van der Waals surface area contributed by atoms with E-state index in [4.69, 9.17) is 12.2 Å². The van der Waals surface area contributed by atoms with Crippen LogP contribution in [0.3, 0.4) is 0 Å². The van der Waals surface area contributed by atoms with Gasteiger partial charge in [-0.05, 0) is 23.7 Å². The van der Waals surface area contributed by atoms with Crippen LogP contribution in [0.15, 0.2) is 27.4 Å². The van der Waals surface area contributed by atoms with Crippen LogP contribution in [0.2, 0.25) is 0 Å². The summed E-state index contributed by atoms with van der Waals surface area (Å²) >= 11 is 6.59. The second-order valence-electron chi connectivity index (χ2n) is 5.00. The number of nitrogens with zero attached hydrogens (tertiary/aromatic N) is 3. The summed E-state index contributed by atoms with van der Waals surface area (Å²) in [6.07, 6.45) is 1.61. The number of aromatic amines is 1. The summed E-state index contributed by atoms with van der Waals surface area (Å²) in [5, 5.41) is 12.8. The second-order valence-corrected chi connectivity index (χ2v) is 6.37. The first kappa shape index (κ1) is 13.8. The van der Waals surface area contributed by atoms with Crippen molar-refractivity contribution < 1.29 is 0 Å². The van der Waals surface area contributed by atoms with Gasteiger partial charge in [-0.2, -0.15) is 14.9 Å². The SMILES string of the molecule is CC(C)(C)c1n[nH]c(=S)n(N=Cc2cccs2)c1=O. The summed E-state index contributed by atoms with van der Waals surface area (Å²) in [6.45, 7) is 5.75. The van der Waals surface area contributed by atoms with Crippen LogP contribution in [-0.2, 0) is 5.41 Å². The number of thiophene rings is 1. The minimum Gasteiger partial charge on any atom is -0.265 e. The maximum Gasteiger partial charge on any atom is 0.297 e. The highest BCUT2D eigenvalue weighted by molar-refractivity contribution is 7.71. The number of rotatable bonds is 2. The van der Waals surface area contributed by atoms with E-state index in [0.717, 1.165) is 4.88 Å². The van der Waals surface area contributed by atoms with Gasteiger partial charge in [0.15, 0.2) is 0 Å². The first-order valence-corrected chi connectivity index (χ1v) is 6.98. The molecule has 1 N–H and O–H groups in total. The lowest BCUT2D eigenvalue weighted by atomic mass is 9.93. The van der Waals surface area contributed by atoms with Crippen molar-refractivity contribution in [2.75, 3.05) is 0 Å². The third-order valence-electron chi connectivity index (χ3n) is 2.40. The smallest absolute Gasteiger partial charge is 0.265 e. The van der Waals surface area contributed by atoms with Crippen molar-refractivity contribution in [2.45, 2.75) is 26.2 Å². The third kappa shape index (κ3) is 3.05. The molecular weight excluding hydrogens is 280 g/mol. The first-order chi connectivity index (χ1) is 8.89. The minimum absolute atomic E-state index is 0.186. The zero-order chi connectivity index (χ0) is 14.0. The molecule has 0 unspecified atom stereocenters. The number of nitrogens with one attached hydrogen (secondary N) is 1. The van der Waals surface area contributed by atoms with Gasteiger partial charge in [-0.15, -0.1) is 11.3 Å². The highest BCUT2D eigenvalue weighted by Crippen LogP contribution is 2.15. The lowest BCUT2D eigenvalue weighted by Crippen LogP contribution is -2.32. The zero-order valence-corrected chi connectivity index (χ0v) is 12.5. The quantitative estimate of drug-likeness (QED) is 0.684. The molecule has 0 aliphatic carbocycles. The maximum atomic E-state index is 12.3. The predicted octanol–water partition coefficient (Wildman–Crippen LogP) is 2.54. The largest absolute Gasteiger partial charge is 0.297 e. The fourth-order valence-electron chi connectivity index (χ4n) is 1.46. The van der Waals surface area contributed by atoms with Crippen LogP contribution in [0, 0.1) is 4.77 Å². The van der Waals surface area contributed by atoms with Crippen LogP contribution in [-0.4, -0.2) is 21.1 Å². The highest BCUT2D eigenvalue weighted by Gasteiger charge is 2.21. The van der Waals surface area contributed by atoms with E-state index in [1.165, 1.54) is 16.0 Å². The number of aromatic nitrogens is 3. The molecule has 0 fully saturated rings. The van der Waals surface area contributed by atoms with E-state index < -0.39 is 0 Å². The van der Waals surface area contributed by atoms with Crippen LogP contribution in [0.4, 0.5) is 0 Å². The van der Waals surface area contributed by atoms with Gasteiger partial charge in [-0.25, -0.2) is 0 Å². The number of H-pyrrole nitrogens is 1. The summed E-state index contributed by atoms with van der Waals surface area (Å²) in [7, 11) is 0. The Labute approximate surface area is 119 Å². The van der Waals surface area contributed by atoms with E-state index in [2.05, 4.69) is 15.3 Å². The second kappa shape index (κ2) is 5.18. The molecule has 5 nitrogen and oxygen atoms in total. The molecule has 0 aromatic carbocycles. The minimum atomic E-state index is -0.364. The van der Waals surface area contributed by atoms with Gasteiger partial charge >= 0.3 is 0 Å². The van der Waals surface area contributed by atoms with Gasteiger partial charge < -0.3 is 0 Å². The van der Waals surface area contributed by atoms with Crippen molar-refractivity contribution in [1.29, 1.82) is 0 Å². The molecule has 2 rings (SSSR count). The molecule has 7 heteroatoms. The molecule has 2 aromatic heterocycles. The summed E-state index contributed by atoms with van der Waals surface area (Å²) in [6, 6.07) is 3.83. The third-order valence-corrected chi connectivity index (χ3v) is 3.48. The molecular formula is C12H14N4OS2. The van der Waals surface area contributed by atoms with E-state index in [1.54, 1.807) is 6.21 Å². The Morgan fingerprint density at radius 3 is 2.84 bits per heavy atom. The van der Waals surface area contributed by atoms with Gasteiger partial charge in [0.1, 0.15) is 5.69 Å². The molecule has 0 aliphatic rings. The van der Waals surface area contributed by atoms with Crippen LogP contribution in [0.1, 0.15) is 31.3 Å². The lowest BCUT2D eigenvalue weighted by molar-refractivity contribution is 0.529. The Morgan fingerprint density at radius 1 is 1.53 bits per heavy atom. The van der Waals surface area contributed by atoms with E-state index in [-0.39, 0.29) is 15.7 Å². The molecule has 19 heavy (non-hydrogen) atoms. The van der Waals surface area contributed by atoms with Crippen molar-refractivity contribution in [3.63, 3.8) is 0 Å².